The summed E-state index contributed by atoms with van der Waals surface area (Å²) in [4.78, 5) is 13.7. The van der Waals surface area contributed by atoms with Crippen molar-refractivity contribution in [1.29, 1.82) is 0 Å². The van der Waals surface area contributed by atoms with E-state index in [2.05, 4.69) is 0 Å². The first-order chi connectivity index (χ1) is 10.2. The molecule has 0 aliphatic heterocycles. The van der Waals surface area contributed by atoms with Gasteiger partial charge in [-0.15, -0.1) is 0 Å². The average Bonchev–Trinajstić information content (AvgIpc) is 2.86. The van der Waals surface area contributed by atoms with Gasteiger partial charge >= 0.3 is 6.09 Å². The summed E-state index contributed by atoms with van der Waals surface area (Å²) >= 11 is 6.02. The van der Waals surface area contributed by atoms with Crippen LogP contribution in [0.15, 0.2) is 28.9 Å². The van der Waals surface area contributed by atoms with Gasteiger partial charge in [-0.2, -0.15) is 0 Å². The Morgan fingerprint density at radius 3 is 2.95 bits per heavy atom. The first-order valence-electron chi connectivity index (χ1n) is 6.77. The molecule has 0 atom stereocenters. The third kappa shape index (κ3) is 3.68. The summed E-state index contributed by atoms with van der Waals surface area (Å²) in [6.07, 6.45) is 1.84. The lowest BCUT2D eigenvalue weighted by molar-refractivity contribution is 0.157. The highest BCUT2D eigenvalue weighted by atomic mass is 35.5. The summed E-state index contributed by atoms with van der Waals surface area (Å²) in [6.45, 7) is 3.13. The summed E-state index contributed by atoms with van der Waals surface area (Å²) in [5.41, 5.74) is 1.33. The van der Waals surface area contributed by atoms with Crippen molar-refractivity contribution in [3.05, 3.63) is 29.5 Å². The number of anilines is 1. The van der Waals surface area contributed by atoms with Gasteiger partial charge in [-0.25, -0.2) is 4.79 Å². The van der Waals surface area contributed by atoms with Gasteiger partial charge in [0.15, 0.2) is 0 Å². The van der Waals surface area contributed by atoms with Gasteiger partial charge in [-0.05, 0) is 31.5 Å². The Labute approximate surface area is 128 Å². The number of nitrogens with zero attached hydrogens (tertiary/aromatic N) is 1. The molecular formula is C15H18ClNO4. The third-order valence-electron chi connectivity index (χ3n) is 3.02. The lowest BCUT2D eigenvalue weighted by Gasteiger charge is -2.20. The number of benzene rings is 1. The van der Waals surface area contributed by atoms with Crippen molar-refractivity contribution in [3.8, 4) is 0 Å². The quantitative estimate of drug-likeness (QED) is 0.754. The van der Waals surface area contributed by atoms with Crippen molar-refractivity contribution in [1.82, 2.24) is 0 Å². The minimum Gasteiger partial charge on any atom is -0.462 e. The molecule has 0 N–H and O–H groups in total. The summed E-state index contributed by atoms with van der Waals surface area (Å²) < 4.78 is 15.6. The van der Waals surface area contributed by atoms with Crippen LogP contribution in [-0.4, -0.2) is 33.0 Å². The standard InChI is InChI=1S/C15H18ClNO4/c1-3-20-15(18)17(7-4-8-19-2)13-10-21-14-6-5-11(16)9-12(13)14/h5-6,9-10H,3-4,7-8H2,1-2H3. The van der Waals surface area contributed by atoms with Crippen LogP contribution in [0.2, 0.25) is 5.02 Å². The van der Waals surface area contributed by atoms with E-state index in [0.717, 1.165) is 5.39 Å². The predicted molar refractivity (Wildman–Crippen MR) is 82.1 cm³/mol. The van der Waals surface area contributed by atoms with Crippen LogP contribution < -0.4 is 4.90 Å². The molecule has 0 saturated carbocycles. The van der Waals surface area contributed by atoms with Crippen LogP contribution in [0.4, 0.5) is 10.5 Å². The number of furan rings is 1. The summed E-state index contributed by atoms with van der Waals surface area (Å²) in [7, 11) is 1.63. The number of carbonyl (C=O) groups is 1. The minimum absolute atomic E-state index is 0.316. The van der Waals surface area contributed by atoms with Gasteiger partial charge in [0.2, 0.25) is 0 Å². The van der Waals surface area contributed by atoms with Gasteiger partial charge in [0.25, 0.3) is 0 Å². The van der Waals surface area contributed by atoms with Crippen molar-refractivity contribution in [2.75, 3.05) is 31.8 Å². The Morgan fingerprint density at radius 1 is 1.43 bits per heavy atom. The number of carbonyl (C=O) groups excluding carboxylic acids is 1. The van der Waals surface area contributed by atoms with Crippen molar-refractivity contribution < 1.29 is 18.7 Å². The first-order valence-corrected chi connectivity index (χ1v) is 7.15. The van der Waals surface area contributed by atoms with Crippen LogP contribution >= 0.6 is 11.6 Å². The van der Waals surface area contributed by atoms with E-state index >= 15 is 0 Å². The van der Waals surface area contributed by atoms with Gasteiger partial charge in [0.05, 0.1) is 12.3 Å². The average molecular weight is 312 g/mol. The Kier molecular flexibility index (Phi) is 5.47. The Morgan fingerprint density at radius 2 is 2.24 bits per heavy atom. The zero-order valence-corrected chi connectivity index (χ0v) is 12.9. The molecule has 0 bridgehead atoms. The maximum atomic E-state index is 12.2. The molecule has 114 valence electrons. The molecule has 0 radical (unpaired) electrons. The maximum absolute atomic E-state index is 12.2. The Hall–Kier alpha value is -1.72. The fourth-order valence-electron chi connectivity index (χ4n) is 2.08. The zero-order chi connectivity index (χ0) is 15.2. The minimum atomic E-state index is -0.406. The van der Waals surface area contributed by atoms with Crippen LogP contribution in [0.1, 0.15) is 13.3 Å². The number of rotatable bonds is 6. The molecule has 0 spiro atoms. The number of fused-ring (bicyclic) bond motifs is 1. The number of ether oxygens (including phenoxy) is 2. The molecule has 0 aliphatic rings. The lowest BCUT2D eigenvalue weighted by atomic mass is 10.2. The van der Waals surface area contributed by atoms with Gasteiger partial charge in [0, 0.05) is 30.7 Å². The van der Waals surface area contributed by atoms with Gasteiger partial charge in [0.1, 0.15) is 11.8 Å². The van der Waals surface area contributed by atoms with Crippen molar-refractivity contribution in [3.63, 3.8) is 0 Å². The SMILES string of the molecule is CCOC(=O)N(CCCOC)c1coc2ccc(Cl)cc12. The molecule has 2 aromatic rings. The second kappa shape index (κ2) is 7.33. The van der Waals surface area contributed by atoms with Gasteiger partial charge in [-0.1, -0.05) is 11.6 Å². The first kappa shape index (κ1) is 15.7. The van der Waals surface area contributed by atoms with Crippen LogP contribution in [0.5, 0.6) is 0 Å². The fourth-order valence-corrected chi connectivity index (χ4v) is 2.25. The molecule has 1 heterocycles. The Balaban J connectivity index is 2.32. The largest absolute Gasteiger partial charge is 0.462 e. The molecule has 5 nitrogen and oxygen atoms in total. The molecule has 0 aliphatic carbocycles. The molecule has 1 aromatic heterocycles. The monoisotopic (exact) mass is 311 g/mol. The number of hydrogen-bond acceptors (Lipinski definition) is 4. The van der Waals surface area contributed by atoms with E-state index in [1.165, 1.54) is 0 Å². The van der Waals surface area contributed by atoms with Crippen molar-refractivity contribution in [2.24, 2.45) is 0 Å². The van der Waals surface area contributed by atoms with Gasteiger partial charge < -0.3 is 13.9 Å². The van der Waals surface area contributed by atoms with Crippen molar-refractivity contribution in [2.45, 2.75) is 13.3 Å². The second-order valence-corrected chi connectivity index (χ2v) is 4.89. The van der Waals surface area contributed by atoms with E-state index in [-0.39, 0.29) is 0 Å². The molecule has 6 heteroatoms. The molecule has 1 aromatic carbocycles. The molecule has 0 fully saturated rings. The topological polar surface area (TPSA) is 51.9 Å². The molecule has 1 amide bonds. The smallest absolute Gasteiger partial charge is 0.414 e. The summed E-state index contributed by atoms with van der Waals surface area (Å²) in [5, 5.41) is 1.37. The third-order valence-corrected chi connectivity index (χ3v) is 3.26. The van der Waals surface area contributed by atoms with Crippen molar-refractivity contribution >= 4 is 34.4 Å². The number of methoxy groups -OCH3 is 1. The van der Waals surface area contributed by atoms with E-state index in [1.807, 2.05) is 0 Å². The fraction of sp³-hybridized carbons (Fsp3) is 0.400. The molecule has 21 heavy (non-hydrogen) atoms. The van der Waals surface area contributed by atoms with Gasteiger partial charge in [-0.3, -0.25) is 4.90 Å². The van der Waals surface area contributed by atoms with Crippen LogP contribution in [0, 0.1) is 0 Å². The highest BCUT2D eigenvalue weighted by Gasteiger charge is 2.21. The lowest BCUT2D eigenvalue weighted by Crippen LogP contribution is -2.32. The maximum Gasteiger partial charge on any atom is 0.414 e. The van der Waals surface area contributed by atoms with E-state index in [0.29, 0.717) is 42.5 Å². The predicted octanol–water partition coefficient (Wildman–Crippen LogP) is 4.09. The number of halogens is 1. The Bertz CT molecular complexity index is 611. The normalized spacial score (nSPS) is 10.8. The number of amides is 1. The number of hydrogen-bond donors (Lipinski definition) is 0. The highest BCUT2D eigenvalue weighted by Crippen LogP contribution is 2.31. The highest BCUT2D eigenvalue weighted by molar-refractivity contribution is 6.31. The molecule has 0 unspecified atom stereocenters. The van der Waals surface area contributed by atoms with E-state index in [4.69, 9.17) is 25.5 Å². The van der Waals surface area contributed by atoms with E-state index in [1.54, 1.807) is 43.4 Å². The van der Waals surface area contributed by atoms with Crippen LogP contribution in [-0.2, 0) is 9.47 Å². The zero-order valence-electron chi connectivity index (χ0n) is 12.1. The van der Waals surface area contributed by atoms with E-state index in [9.17, 15) is 4.79 Å². The second-order valence-electron chi connectivity index (χ2n) is 4.46. The molecule has 0 saturated heterocycles. The summed E-state index contributed by atoms with van der Waals surface area (Å²) in [6, 6.07) is 5.30. The van der Waals surface area contributed by atoms with Crippen LogP contribution in [0.3, 0.4) is 0 Å². The summed E-state index contributed by atoms with van der Waals surface area (Å²) in [5.74, 6) is 0. The van der Waals surface area contributed by atoms with Crippen LogP contribution in [0.25, 0.3) is 11.0 Å². The molecular weight excluding hydrogens is 294 g/mol. The van der Waals surface area contributed by atoms with E-state index < -0.39 is 6.09 Å². The molecule has 2 rings (SSSR count).